The lowest BCUT2D eigenvalue weighted by Crippen LogP contribution is -2.47. The number of rotatable bonds is 3. The molecule has 1 fully saturated rings. The molecule has 0 radical (unpaired) electrons. The highest BCUT2D eigenvalue weighted by Crippen LogP contribution is 2.40. The van der Waals surface area contributed by atoms with Gasteiger partial charge in [-0.05, 0) is 6.07 Å². The molecule has 6 heteroatoms. The number of hydrogen-bond acceptors (Lipinski definition) is 4. The van der Waals surface area contributed by atoms with Gasteiger partial charge >= 0.3 is 6.03 Å². The fourth-order valence-electron chi connectivity index (χ4n) is 2.76. The largest absolute Gasteiger partial charge is 0.493 e. The van der Waals surface area contributed by atoms with Gasteiger partial charge in [0.15, 0.2) is 5.54 Å². The number of methoxy groups -OCH3 is 1. The van der Waals surface area contributed by atoms with Crippen LogP contribution in [0.15, 0.2) is 24.3 Å². The Bertz CT molecular complexity index is 560. The second-order valence-electron chi connectivity index (χ2n) is 4.88. The topological polar surface area (TPSA) is 67.9 Å². The number of fused-ring (bicyclic) bond motifs is 2. The highest BCUT2D eigenvalue weighted by molar-refractivity contribution is 6.07. The average molecular weight is 276 g/mol. The number of hydrogen-bond donors (Lipinski definition) is 1. The smallest absolute Gasteiger partial charge is 0.325 e. The molecular formula is C14H16N2O4. The lowest BCUT2D eigenvalue weighted by Gasteiger charge is -2.33. The molecule has 106 valence electrons. The summed E-state index contributed by atoms with van der Waals surface area (Å²) in [4.78, 5) is 26.0. The van der Waals surface area contributed by atoms with Gasteiger partial charge in [0.2, 0.25) is 0 Å². The number of urea groups is 1. The van der Waals surface area contributed by atoms with Crippen molar-refractivity contribution in [1.82, 2.24) is 10.2 Å². The van der Waals surface area contributed by atoms with E-state index in [1.165, 1.54) is 12.0 Å². The second-order valence-corrected chi connectivity index (χ2v) is 4.88. The Morgan fingerprint density at radius 3 is 3.00 bits per heavy atom. The van der Waals surface area contributed by atoms with Crippen LogP contribution >= 0.6 is 0 Å². The molecule has 0 aliphatic carbocycles. The molecule has 0 aromatic heterocycles. The molecule has 3 rings (SSSR count). The van der Waals surface area contributed by atoms with Gasteiger partial charge in [-0.1, -0.05) is 18.2 Å². The molecule has 0 bridgehead atoms. The van der Waals surface area contributed by atoms with Gasteiger partial charge in [-0.25, -0.2) is 4.79 Å². The molecule has 2 aliphatic heterocycles. The van der Waals surface area contributed by atoms with Crippen molar-refractivity contribution in [2.75, 3.05) is 26.9 Å². The first-order valence-electron chi connectivity index (χ1n) is 6.54. The monoisotopic (exact) mass is 276 g/mol. The molecule has 1 aromatic carbocycles. The summed E-state index contributed by atoms with van der Waals surface area (Å²) in [7, 11) is 1.54. The maximum atomic E-state index is 12.7. The lowest BCUT2D eigenvalue weighted by molar-refractivity contribution is -0.133. The van der Waals surface area contributed by atoms with Crippen molar-refractivity contribution in [2.24, 2.45) is 0 Å². The van der Waals surface area contributed by atoms with Gasteiger partial charge in [0.1, 0.15) is 5.75 Å². The molecule has 1 aromatic rings. The van der Waals surface area contributed by atoms with E-state index in [2.05, 4.69) is 5.32 Å². The van der Waals surface area contributed by atoms with Crippen LogP contribution in [0.25, 0.3) is 0 Å². The summed E-state index contributed by atoms with van der Waals surface area (Å²) < 4.78 is 10.5. The molecule has 0 saturated carbocycles. The predicted octanol–water partition coefficient (Wildman–Crippen LogP) is 0.863. The molecule has 3 amide bonds. The summed E-state index contributed by atoms with van der Waals surface area (Å²) in [6.07, 6.45) is 0.443. The van der Waals surface area contributed by atoms with Crippen molar-refractivity contribution < 1.29 is 19.1 Å². The Labute approximate surface area is 116 Å². The van der Waals surface area contributed by atoms with Crippen LogP contribution in [0.4, 0.5) is 4.79 Å². The van der Waals surface area contributed by atoms with Crippen LogP contribution in [0.1, 0.15) is 12.0 Å². The summed E-state index contributed by atoms with van der Waals surface area (Å²) in [5.74, 6) is 0.427. The second kappa shape index (κ2) is 4.79. The number of imide groups is 1. The molecule has 2 aliphatic rings. The van der Waals surface area contributed by atoms with Crippen molar-refractivity contribution in [3.63, 3.8) is 0 Å². The van der Waals surface area contributed by atoms with E-state index < -0.39 is 5.54 Å². The van der Waals surface area contributed by atoms with Crippen molar-refractivity contribution >= 4 is 11.9 Å². The zero-order chi connectivity index (χ0) is 14.2. The lowest BCUT2D eigenvalue weighted by atomic mass is 9.84. The quantitative estimate of drug-likeness (QED) is 0.832. The fourth-order valence-corrected chi connectivity index (χ4v) is 2.76. The number of nitrogens with one attached hydrogen (secondary N) is 1. The van der Waals surface area contributed by atoms with E-state index in [4.69, 9.17) is 9.47 Å². The number of para-hydroxylation sites is 1. The summed E-state index contributed by atoms with van der Waals surface area (Å²) in [5, 5.41) is 2.84. The van der Waals surface area contributed by atoms with Crippen LogP contribution in [-0.2, 0) is 15.1 Å². The van der Waals surface area contributed by atoms with Crippen LogP contribution in [0.5, 0.6) is 5.75 Å². The summed E-state index contributed by atoms with van der Waals surface area (Å²) in [5.41, 5.74) is -0.260. The van der Waals surface area contributed by atoms with E-state index in [0.717, 1.165) is 5.56 Å². The highest BCUT2D eigenvalue weighted by atomic mass is 16.5. The average Bonchev–Trinajstić information content (AvgIpc) is 2.69. The van der Waals surface area contributed by atoms with Crippen molar-refractivity contribution in [2.45, 2.75) is 12.0 Å². The first-order chi connectivity index (χ1) is 9.69. The van der Waals surface area contributed by atoms with E-state index in [1.54, 1.807) is 0 Å². The third kappa shape index (κ3) is 1.76. The molecule has 1 saturated heterocycles. The third-order valence-electron chi connectivity index (χ3n) is 3.78. The van der Waals surface area contributed by atoms with E-state index >= 15 is 0 Å². The van der Waals surface area contributed by atoms with E-state index in [1.807, 2.05) is 24.3 Å². The van der Waals surface area contributed by atoms with Gasteiger partial charge in [0.05, 0.1) is 19.8 Å². The van der Waals surface area contributed by atoms with Gasteiger partial charge in [0, 0.05) is 19.1 Å². The summed E-state index contributed by atoms with van der Waals surface area (Å²) >= 11 is 0. The minimum atomic E-state index is -0.986. The van der Waals surface area contributed by atoms with Crippen molar-refractivity contribution in [1.29, 1.82) is 0 Å². The summed E-state index contributed by atoms with van der Waals surface area (Å²) in [6, 6.07) is 6.96. The van der Waals surface area contributed by atoms with E-state index in [0.29, 0.717) is 25.4 Å². The maximum Gasteiger partial charge on any atom is 0.325 e. The van der Waals surface area contributed by atoms with Crippen LogP contribution in [0.2, 0.25) is 0 Å². The van der Waals surface area contributed by atoms with Crippen LogP contribution in [0, 0.1) is 0 Å². The standard InChI is InChI=1S/C14H16N2O4/c1-19-9-7-16-12(17)14(15-13(16)18)6-8-20-11-5-3-2-4-10(11)14/h2-5H,6-9H2,1H3,(H,15,18). The van der Waals surface area contributed by atoms with Gasteiger partial charge < -0.3 is 14.8 Å². The molecule has 1 unspecified atom stereocenters. The molecule has 1 atom stereocenters. The number of carbonyl (C=O) groups is 2. The Kier molecular flexibility index (Phi) is 3.10. The van der Waals surface area contributed by atoms with Gasteiger partial charge in [-0.15, -0.1) is 0 Å². The first kappa shape index (κ1) is 12.9. The Hall–Kier alpha value is -2.08. The zero-order valence-electron chi connectivity index (χ0n) is 11.2. The van der Waals surface area contributed by atoms with Gasteiger partial charge in [-0.3, -0.25) is 9.69 Å². The normalized spacial score (nSPS) is 24.6. The molecular weight excluding hydrogens is 260 g/mol. The Morgan fingerprint density at radius 2 is 2.20 bits per heavy atom. The van der Waals surface area contributed by atoms with Crippen LogP contribution in [-0.4, -0.2) is 43.7 Å². The molecule has 1 N–H and O–H groups in total. The van der Waals surface area contributed by atoms with Crippen molar-refractivity contribution in [3.05, 3.63) is 29.8 Å². The fraction of sp³-hybridized carbons (Fsp3) is 0.429. The number of amides is 3. The molecule has 6 nitrogen and oxygen atoms in total. The Balaban J connectivity index is 1.98. The summed E-state index contributed by atoms with van der Waals surface area (Å²) in [6.45, 7) is 0.987. The first-order valence-corrected chi connectivity index (χ1v) is 6.54. The van der Waals surface area contributed by atoms with Gasteiger partial charge in [0.25, 0.3) is 5.91 Å². The van der Waals surface area contributed by atoms with E-state index in [9.17, 15) is 9.59 Å². The molecule has 2 heterocycles. The predicted molar refractivity (Wildman–Crippen MR) is 70.4 cm³/mol. The molecule has 20 heavy (non-hydrogen) atoms. The number of ether oxygens (including phenoxy) is 2. The highest BCUT2D eigenvalue weighted by Gasteiger charge is 2.54. The number of benzene rings is 1. The third-order valence-corrected chi connectivity index (χ3v) is 3.78. The van der Waals surface area contributed by atoms with Crippen LogP contribution < -0.4 is 10.1 Å². The zero-order valence-corrected chi connectivity index (χ0v) is 11.2. The maximum absolute atomic E-state index is 12.7. The van der Waals surface area contributed by atoms with Crippen LogP contribution in [0.3, 0.4) is 0 Å². The van der Waals surface area contributed by atoms with E-state index in [-0.39, 0.29) is 18.5 Å². The van der Waals surface area contributed by atoms with Crippen molar-refractivity contribution in [3.8, 4) is 5.75 Å². The van der Waals surface area contributed by atoms with Gasteiger partial charge in [-0.2, -0.15) is 0 Å². The number of nitrogens with zero attached hydrogens (tertiary/aromatic N) is 1. The Morgan fingerprint density at radius 1 is 1.40 bits per heavy atom. The minimum Gasteiger partial charge on any atom is -0.493 e. The number of carbonyl (C=O) groups excluding carboxylic acids is 2. The SMILES string of the molecule is COCCN1C(=O)NC2(CCOc3ccccc32)C1=O. The molecule has 1 spiro atoms. The minimum absolute atomic E-state index is 0.227.